The molecular weight excluding hydrogens is 349 g/mol. The van der Waals surface area contributed by atoms with E-state index < -0.39 is 0 Å². The molecule has 0 spiro atoms. The number of nitrogens with zero attached hydrogens (tertiary/aromatic N) is 2. The lowest BCUT2D eigenvalue weighted by atomic mass is 10.2. The molecule has 84 valence electrons. The second kappa shape index (κ2) is 5.34. The molecule has 1 aromatic heterocycles. The van der Waals surface area contributed by atoms with Crippen LogP contribution in [0, 0.1) is 14.9 Å². The van der Waals surface area contributed by atoms with Crippen LogP contribution in [0.2, 0.25) is 5.02 Å². The second-order valence-corrected chi connectivity index (χ2v) is 4.94. The summed E-state index contributed by atoms with van der Waals surface area (Å²) >= 11 is 8.27. The number of benzene rings is 1. The normalized spacial score (nSPS) is 9.71. The molecule has 0 amide bonds. The fraction of sp³-hybridized carbons (Fsp3) is 0. The van der Waals surface area contributed by atoms with Crippen molar-refractivity contribution in [3.63, 3.8) is 0 Å². The van der Waals surface area contributed by atoms with Gasteiger partial charge in [-0.3, -0.25) is 0 Å². The summed E-state index contributed by atoms with van der Waals surface area (Å²) in [6.45, 7) is 0. The second-order valence-electron chi connectivity index (χ2n) is 3.29. The molecule has 0 saturated heterocycles. The summed E-state index contributed by atoms with van der Waals surface area (Å²) in [5.41, 5.74) is 1.34. The lowest BCUT2D eigenvalue weighted by Gasteiger charge is -2.08. The van der Waals surface area contributed by atoms with Crippen LogP contribution in [0.1, 0.15) is 5.56 Å². The molecule has 3 nitrogen and oxygen atoms in total. The Labute approximate surface area is 118 Å². The van der Waals surface area contributed by atoms with Gasteiger partial charge < -0.3 is 5.32 Å². The van der Waals surface area contributed by atoms with Crippen molar-refractivity contribution in [3.8, 4) is 6.07 Å². The molecule has 1 N–H and O–H groups in total. The van der Waals surface area contributed by atoms with Gasteiger partial charge in [-0.25, -0.2) is 4.98 Å². The lowest BCUT2D eigenvalue weighted by molar-refractivity contribution is 1.29. The number of halogens is 2. The zero-order valence-corrected chi connectivity index (χ0v) is 11.5. The summed E-state index contributed by atoms with van der Waals surface area (Å²) < 4.78 is 1.07. The van der Waals surface area contributed by atoms with Gasteiger partial charge in [0.25, 0.3) is 0 Å². The molecule has 0 unspecified atom stereocenters. The quantitative estimate of drug-likeness (QED) is 0.830. The molecule has 0 bridgehead atoms. The maximum Gasteiger partial charge on any atom is 0.131 e. The van der Waals surface area contributed by atoms with Crippen LogP contribution in [0.15, 0.2) is 36.5 Å². The van der Waals surface area contributed by atoms with E-state index in [0.29, 0.717) is 16.4 Å². The third kappa shape index (κ3) is 3.08. The Morgan fingerprint density at radius 1 is 1.29 bits per heavy atom. The Bertz CT molecular complexity index is 593. The molecule has 0 aliphatic heterocycles. The first kappa shape index (κ1) is 12.1. The minimum Gasteiger partial charge on any atom is -0.339 e. The zero-order valence-electron chi connectivity index (χ0n) is 8.61. The van der Waals surface area contributed by atoms with Gasteiger partial charge >= 0.3 is 0 Å². The predicted molar refractivity (Wildman–Crippen MR) is 76.4 cm³/mol. The maximum atomic E-state index is 8.79. The van der Waals surface area contributed by atoms with E-state index in [1.54, 1.807) is 18.3 Å². The van der Waals surface area contributed by atoms with Crippen LogP contribution in [0.3, 0.4) is 0 Å². The van der Waals surface area contributed by atoms with E-state index >= 15 is 0 Å². The van der Waals surface area contributed by atoms with Gasteiger partial charge in [0.2, 0.25) is 0 Å². The molecule has 0 fully saturated rings. The highest BCUT2D eigenvalue weighted by Gasteiger charge is 2.03. The van der Waals surface area contributed by atoms with Crippen molar-refractivity contribution in [2.75, 3.05) is 5.32 Å². The number of aromatic nitrogens is 1. The highest BCUT2D eigenvalue weighted by Crippen LogP contribution is 2.26. The van der Waals surface area contributed by atoms with Crippen LogP contribution >= 0.6 is 34.2 Å². The Kier molecular flexibility index (Phi) is 3.82. The van der Waals surface area contributed by atoms with Crippen molar-refractivity contribution in [1.82, 2.24) is 4.98 Å². The minimum absolute atomic E-state index is 0.559. The minimum atomic E-state index is 0.559. The molecule has 0 saturated carbocycles. The molecule has 2 rings (SSSR count). The van der Waals surface area contributed by atoms with E-state index in [0.717, 1.165) is 9.26 Å². The number of nitriles is 1. The highest BCUT2D eigenvalue weighted by molar-refractivity contribution is 14.1. The first-order valence-corrected chi connectivity index (χ1v) is 6.23. The third-order valence-corrected chi connectivity index (χ3v) is 3.08. The Morgan fingerprint density at radius 2 is 2.12 bits per heavy atom. The van der Waals surface area contributed by atoms with E-state index in [4.69, 9.17) is 16.9 Å². The topological polar surface area (TPSA) is 48.7 Å². The Morgan fingerprint density at radius 3 is 2.88 bits per heavy atom. The molecule has 17 heavy (non-hydrogen) atoms. The number of rotatable bonds is 2. The van der Waals surface area contributed by atoms with Crippen molar-refractivity contribution < 1.29 is 0 Å². The van der Waals surface area contributed by atoms with Gasteiger partial charge in [0.05, 0.1) is 22.3 Å². The van der Waals surface area contributed by atoms with Crippen LogP contribution in [0.5, 0.6) is 0 Å². The summed E-state index contributed by atoms with van der Waals surface area (Å²) in [4.78, 5) is 4.13. The van der Waals surface area contributed by atoms with Crippen molar-refractivity contribution in [1.29, 1.82) is 5.26 Å². The number of hydrogen-bond acceptors (Lipinski definition) is 3. The standard InChI is InChI=1S/C12H7ClIN3/c13-10-2-1-9(14)6-11(10)17-12-5-8(7-15)3-4-16-12/h1-6H,(H,16,17). The maximum absolute atomic E-state index is 8.79. The predicted octanol–water partition coefficient (Wildman–Crippen LogP) is 3.95. The third-order valence-electron chi connectivity index (χ3n) is 2.08. The number of pyridine rings is 1. The smallest absolute Gasteiger partial charge is 0.131 e. The van der Waals surface area contributed by atoms with Gasteiger partial charge in [-0.2, -0.15) is 5.26 Å². The van der Waals surface area contributed by atoms with Gasteiger partial charge in [-0.15, -0.1) is 0 Å². The largest absolute Gasteiger partial charge is 0.339 e. The number of nitrogens with one attached hydrogen (secondary N) is 1. The monoisotopic (exact) mass is 355 g/mol. The molecule has 0 aliphatic rings. The molecule has 5 heteroatoms. The molecule has 0 atom stereocenters. The van der Waals surface area contributed by atoms with Crippen molar-refractivity contribution in [2.45, 2.75) is 0 Å². The van der Waals surface area contributed by atoms with Crippen molar-refractivity contribution >= 4 is 45.7 Å². The van der Waals surface area contributed by atoms with Gasteiger partial charge in [0.15, 0.2) is 0 Å². The van der Waals surface area contributed by atoms with Crippen LogP contribution < -0.4 is 5.32 Å². The summed E-state index contributed by atoms with van der Waals surface area (Å²) in [5.74, 6) is 0.605. The van der Waals surface area contributed by atoms with Crippen LogP contribution in [0.25, 0.3) is 0 Å². The molecule has 2 aromatic rings. The molecule has 0 aliphatic carbocycles. The van der Waals surface area contributed by atoms with Gasteiger partial charge in [-0.1, -0.05) is 11.6 Å². The summed E-state index contributed by atoms with van der Waals surface area (Å²) in [5, 5.41) is 12.5. The van der Waals surface area contributed by atoms with E-state index in [9.17, 15) is 0 Å². The lowest BCUT2D eigenvalue weighted by Crippen LogP contribution is -1.95. The average Bonchev–Trinajstić information content (AvgIpc) is 2.34. The number of hydrogen-bond donors (Lipinski definition) is 1. The van der Waals surface area contributed by atoms with E-state index in [1.165, 1.54) is 0 Å². The number of anilines is 2. The summed E-state index contributed by atoms with van der Waals surface area (Å²) in [6.07, 6.45) is 1.59. The summed E-state index contributed by atoms with van der Waals surface area (Å²) in [7, 11) is 0. The van der Waals surface area contributed by atoms with Gasteiger partial charge in [0.1, 0.15) is 5.82 Å². The Hall–Kier alpha value is -1.32. The molecule has 0 radical (unpaired) electrons. The van der Waals surface area contributed by atoms with Crippen LogP contribution in [-0.4, -0.2) is 4.98 Å². The van der Waals surface area contributed by atoms with Crippen molar-refractivity contribution in [2.24, 2.45) is 0 Å². The fourth-order valence-electron chi connectivity index (χ4n) is 1.30. The van der Waals surface area contributed by atoms with Crippen molar-refractivity contribution in [3.05, 3.63) is 50.7 Å². The Balaban J connectivity index is 2.31. The van der Waals surface area contributed by atoms with E-state index in [1.807, 2.05) is 18.2 Å². The SMILES string of the molecule is N#Cc1ccnc(Nc2cc(I)ccc2Cl)c1. The molecule has 1 aromatic carbocycles. The first-order valence-electron chi connectivity index (χ1n) is 4.77. The average molecular weight is 356 g/mol. The van der Waals surface area contributed by atoms with Gasteiger partial charge in [0, 0.05) is 9.77 Å². The van der Waals surface area contributed by atoms with Crippen LogP contribution in [0.4, 0.5) is 11.5 Å². The van der Waals surface area contributed by atoms with E-state index in [2.05, 4.69) is 39.0 Å². The van der Waals surface area contributed by atoms with E-state index in [-0.39, 0.29) is 0 Å². The summed E-state index contributed by atoms with van der Waals surface area (Å²) in [6, 6.07) is 11.1. The molecule has 1 heterocycles. The highest BCUT2D eigenvalue weighted by atomic mass is 127. The fourth-order valence-corrected chi connectivity index (χ4v) is 1.96. The van der Waals surface area contributed by atoms with Crippen LogP contribution in [-0.2, 0) is 0 Å². The first-order chi connectivity index (χ1) is 8.19. The zero-order chi connectivity index (χ0) is 12.3. The van der Waals surface area contributed by atoms with Gasteiger partial charge in [-0.05, 0) is 52.9 Å². The molecular formula is C12H7ClIN3.